The molecule has 86 valence electrons. The summed E-state index contributed by atoms with van der Waals surface area (Å²) in [4.78, 5) is 1.82. The third-order valence-electron chi connectivity index (χ3n) is 1.84. The van der Waals surface area contributed by atoms with Crippen molar-refractivity contribution in [2.75, 3.05) is 0 Å². The van der Waals surface area contributed by atoms with Gasteiger partial charge in [-0.15, -0.1) is 21.9 Å². The van der Waals surface area contributed by atoms with E-state index in [-0.39, 0.29) is 19.5 Å². The molecule has 0 atom stereocenters. The van der Waals surface area contributed by atoms with Gasteiger partial charge in [-0.05, 0) is 10.8 Å². The first-order chi connectivity index (χ1) is 7.69. The molecule has 17 heavy (non-hydrogen) atoms. The summed E-state index contributed by atoms with van der Waals surface area (Å²) in [5, 5.41) is 20.7. The van der Waals surface area contributed by atoms with Crippen LogP contribution in [0.5, 0.6) is 0 Å². The average Bonchev–Trinajstić information content (AvgIpc) is 2.87. The molecule has 2 aromatic heterocycles. The van der Waals surface area contributed by atoms with Crippen molar-refractivity contribution >= 4 is 35.1 Å². The summed E-state index contributed by atoms with van der Waals surface area (Å²) in [6.45, 7) is 7.36. The van der Waals surface area contributed by atoms with E-state index in [1.807, 2.05) is 22.9 Å². The molecule has 0 fully saturated rings. The van der Waals surface area contributed by atoms with Crippen LogP contribution in [0.15, 0.2) is 22.9 Å². The summed E-state index contributed by atoms with van der Waals surface area (Å²) < 4.78 is 0. The average molecular weight is 312 g/mol. The van der Waals surface area contributed by atoms with E-state index in [1.54, 1.807) is 0 Å². The minimum absolute atomic E-state index is 0. The van der Waals surface area contributed by atoms with Crippen molar-refractivity contribution in [3.8, 4) is 0 Å². The van der Waals surface area contributed by atoms with E-state index in [0.29, 0.717) is 0 Å². The first-order valence-corrected chi connectivity index (χ1v) is 6.18. The summed E-state index contributed by atoms with van der Waals surface area (Å²) in [7, 11) is 0. The zero-order valence-electron chi connectivity index (χ0n) is 9.30. The van der Waals surface area contributed by atoms with Crippen LogP contribution in [0.25, 0.3) is 10.8 Å². The van der Waals surface area contributed by atoms with E-state index in [1.165, 1.54) is 22.7 Å². The third-order valence-corrected chi connectivity index (χ3v) is 3.42. The van der Waals surface area contributed by atoms with E-state index in [4.69, 9.17) is 10.8 Å². The van der Waals surface area contributed by atoms with Gasteiger partial charge in [0.25, 0.3) is 0 Å². The summed E-state index contributed by atoms with van der Waals surface area (Å²) in [5.74, 6) is 0. The van der Waals surface area contributed by atoms with Gasteiger partial charge in [0, 0.05) is 19.5 Å². The van der Waals surface area contributed by atoms with Crippen LogP contribution in [-0.2, 0) is 19.5 Å². The van der Waals surface area contributed by atoms with E-state index >= 15 is 0 Å². The molecule has 0 aliphatic carbocycles. The van der Waals surface area contributed by atoms with Crippen LogP contribution in [0.2, 0.25) is 0 Å². The number of hydrogen-bond acceptors (Lipinski definition) is 2. The van der Waals surface area contributed by atoms with Gasteiger partial charge >= 0.3 is 0 Å². The van der Waals surface area contributed by atoms with Gasteiger partial charge in [0.05, 0.1) is 0 Å². The van der Waals surface area contributed by atoms with Crippen LogP contribution in [0.1, 0.15) is 20.9 Å². The molecule has 0 unspecified atom stereocenters. The molecular weight excluding hydrogens is 302 g/mol. The topological polar surface area (TPSA) is 44.6 Å². The van der Waals surface area contributed by atoms with Crippen LogP contribution >= 0.6 is 22.7 Å². The quantitative estimate of drug-likeness (QED) is 0.459. The second kappa shape index (κ2) is 8.23. The van der Waals surface area contributed by atoms with Gasteiger partial charge in [-0.25, -0.2) is 13.8 Å². The van der Waals surface area contributed by atoms with E-state index in [9.17, 15) is 0 Å². The van der Waals surface area contributed by atoms with Crippen molar-refractivity contribution in [1.82, 2.24) is 0 Å². The monoisotopic (exact) mass is 310 g/mol. The molecule has 2 rings (SSSR count). The van der Waals surface area contributed by atoms with E-state index < -0.39 is 0 Å². The zero-order valence-corrected chi connectivity index (χ0v) is 13.9. The Hall–Kier alpha value is -0.897. The maximum atomic E-state index is 8.45. The summed E-state index contributed by atoms with van der Waals surface area (Å²) in [6.07, 6.45) is 2.14. The number of rotatable bonds is 2. The number of nitrogens with zero attached hydrogens (tertiary/aromatic N) is 2. The normalized spacial score (nSPS) is 8.47. The SMILES string of the molecule is [CH2-]c1sccc1C=[N-].[CH2-]c1sccc1C=[N-].[Zn]. The Morgan fingerprint density at radius 1 is 0.882 bits per heavy atom. The van der Waals surface area contributed by atoms with Crippen molar-refractivity contribution in [3.05, 3.63) is 68.4 Å². The molecule has 2 aromatic rings. The minimum atomic E-state index is 0. The smallest absolute Gasteiger partial charge is 0 e. The van der Waals surface area contributed by atoms with Gasteiger partial charge in [0.1, 0.15) is 0 Å². The fourth-order valence-corrected chi connectivity index (χ4v) is 2.20. The van der Waals surface area contributed by atoms with E-state index in [2.05, 4.69) is 13.8 Å². The van der Waals surface area contributed by atoms with Crippen molar-refractivity contribution in [1.29, 1.82) is 0 Å². The Kier molecular flexibility index (Phi) is 7.80. The van der Waals surface area contributed by atoms with Crippen LogP contribution < -0.4 is 0 Å². The predicted octanol–water partition coefficient (Wildman–Crippen LogP) is 3.83. The van der Waals surface area contributed by atoms with Gasteiger partial charge in [0.15, 0.2) is 0 Å². The van der Waals surface area contributed by atoms with Gasteiger partial charge in [-0.2, -0.15) is 33.8 Å². The predicted molar refractivity (Wildman–Crippen MR) is 74.6 cm³/mol. The maximum absolute atomic E-state index is 8.45. The molecular formula is C12H10N2S2Zn-4. The van der Waals surface area contributed by atoms with Crippen molar-refractivity contribution in [2.24, 2.45) is 0 Å². The molecule has 2 nitrogen and oxygen atoms in total. The molecule has 0 saturated heterocycles. The molecule has 0 amide bonds. The first kappa shape index (κ1) is 16.1. The molecule has 2 heterocycles. The Morgan fingerprint density at radius 2 is 1.24 bits per heavy atom. The fraction of sp³-hybridized carbons (Fsp3) is 0. The van der Waals surface area contributed by atoms with Gasteiger partial charge in [-0.3, -0.25) is 12.4 Å². The van der Waals surface area contributed by atoms with Crippen molar-refractivity contribution in [2.45, 2.75) is 0 Å². The van der Waals surface area contributed by atoms with Crippen molar-refractivity contribution < 1.29 is 19.5 Å². The summed E-state index contributed by atoms with van der Waals surface area (Å²) >= 11 is 3.05. The largest absolute Gasteiger partial charge is 0.826 e. The van der Waals surface area contributed by atoms with Crippen LogP contribution in [0, 0.1) is 13.8 Å². The second-order valence-corrected chi connectivity index (χ2v) is 4.86. The molecule has 0 aromatic carbocycles. The minimum Gasteiger partial charge on any atom is -0.826 e. The van der Waals surface area contributed by atoms with Crippen LogP contribution in [-0.4, -0.2) is 12.4 Å². The Balaban J connectivity index is 0.000000284. The van der Waals surface area contributed by atoms with Gasteiger partial charge in [0.2, 0.25) is 0 Å². The summed E-state index contributed by atoms with van der Waals surface area (Å²) in [6, 6.07) is 3.65. The number of hydrogen-bond donors (Lipinski definition) is 0. The zero-order chi connectivity index (χ0) is 12.0. The third kappa shape index (κ3) is 4.86. The number of thiophene rings is 2. The molecule has 0 radical (unpaired) electrons. The Morgan fingerprint density at radius 3 is 1.35 bits per heavy atom. The fourth-order valence-electron chi connectivity index (χ4n) is 0.931. The summed E-state index contributed by atoms with van der Waals surface area (Å²) in [5.41, 5.74) is 1.63. The molecule has 0 aliphatic rings. The van der Waals surface area contributed by atoms with E-state index in [0.717, 1.165) is 33.3 Å². The van der Waals surface area contributed by atoms with Crippen molar-refractivity contribution in [3.63, 3.8) is 0 Å². The molecule has 0 aliphatic heterocycles. The maximum Gasteiger partial charge on any atom is 0 e. The molecule has 0 N–H and O–H groups in total. The molecule has 0 bridgehead atoms. The van der Waals surface area contributed by atoms with Gasteiger partial charge in [-0.1, -0.05) is 0 Å². The standard InChI is InChI=1S/2C6H5NS.Zn/c2*1-5-6(4-7)2-3-8-5;/h2*2-4H,1H2;/q2*-2;. The molecule has 0 saturated carbocycles. The van der Waals surface area contributed by atoms with Crippen LogP contribution in [0.3, 0.4) is 0 Å². The Bertz CT molecular complexity index is 430. The molecule has 0 spiro atoms. The second-order valence-electron chi connectivity index (χ2n) is 2.86. The van der Waals surface area contributed by atoms with Crippen LogP contribution in [0.4, 0.5) is 0 Å². The van der Waals surface area contributed by atoms with Gasteiger partial charge < -0.3 is 10.8 Å². The first-order valence-electron chi connectivity index (χ1n) is 4.42. The molecule has 5 heteroatoms. The Labute approximate surface area is 122 Å².